The van der Waals surface area contributed by atoms with E-state index in [2.05, 4.69) is 5.32 Å². The summed E-state index contributed by atoms with van der Waals surface area (Å²) >= 11 is 0. The number of carbonyl (C=O) groups is 1. The van der Waals surface area contributed by atoms with E-state index in [1.54, 1.807) is 4.90 Å². The Morgan fingerprint density at radius 1 is 1.36 bits per heavy atom. The van der Waals surface area contributed by atoms with Gasteiger partial charge in [-0.05, 0) is 51.8 Å². The van der Waals surface area contributed by atoms with E-state index in [0.717, 1.165) is 31.0 Å². The number of amides is 1. The summed E-state index contributed by atoms with van der Waals surface area (Å²) in [5, 5.41) is 2.97. The van der Waals surface area contributed by atoms with E-state index in [0.29, 0.717) is 13.1 Å². The molecule has 1 aromatic carbocycles. The fraction of sp³-hybridized carbons (Fsp3) is 0.562. The van der Waals surface area contributed by atoms with Gasteiger partial charge in [-0.1, -0.05) is 0 Å². The van der Waals surface area contributed by atoms with Crippen molar-refractivity contribution in [3.05, 3.63) is 29.8 Å². The summed E-state index contributed by atoms with van der Waals surface area (Å²) in [5.74, 6) is -1.00. The quantitative estimate of drug-likeness (QED) is 0.903. The van der Waals surface area contributed by atoms with Crippen LogP contribution in [-0.4, -0.2) is 35.7 Å². The Balaban J connectivity index is 1.98. The first kappa shape index (κ1) is 16.5. The maximum atomic E-state index is 13.7. The molecule has 122 valence electrons. The Morgan fingerprint density at radius 3 is 2.77 bits per heavy atom. The Hall–Kier alpha value is -1.85. The first-order valence-electron chi connectivity index (χ1n) is 7.44. The average Bonchev–Trinajstić information content (AvgIpc) is 2.41. The predicted molar refractivity (Wildman–Crippen MR) is 80.8 cm³/mol. The molecule has 1 aliphatic rings. The summed E-state index contributed by atoms with van der Waals surface area (Å²) in [5.41, 5.74) is -0.428. The fourth-order valence-electron chi connectivity index (χ4n) is 2.42. The molecule has 4 nitrogen and oxygen atoms in total. The van der Waals surface area contributed by atoms with E-state index in [4.69, 9.17) is 4.74 Å². The van der Waals surface area contributed by atoms with Crippen molar-refractivity contribution in [2.45, 2.75) is 45.3 Å². The van der Waals surface area contributed by atoms with Crippen LogP contribution in [0.25, 0.3) is 0 Å². The molecule has 1 amide bonds. The van der Waals surface area contributed by atoms with Gasteiger partial charge in [0.25, 0.3) is 0 Å². The standard InChI is InChI=1S/C16H22F2N2O2/c1-16(2,3)22-15(21)20-8-4-5-12(10-20)19-14-9-11(17)6-7-13(14)18/h6-7,9,12,19H,4-5,8,10H2,1-3H3. The van der Waals surface area contributed by atoms with Gasteiger partial charge in [-0.2, -0.15) is 0 Å². The maximum Gasteiger partial charge on any atom is 0.410 e. The number of nitrogens with one attached hydrogen (secondary N) is 1. The van der Waals surface area contributed by atoms with Gasteiger partial charge in [-0.15, -0.1) is 0 Å². The monoisotopic (exact) mass is 312 g/mol. The molecule has 1 heterocycles. The van der Waals surface area contributed by atoms with Crippen molar-refractivity contribution in [3.63, 3.8) is 0 Å². The number of nitrogens with zero attached hydrogens (tertiary/aromatic N) is 1. The highest BCUT2D eigenvalue weighted by Gasteiger charge is 2.27. The summed E-state index contributed by atoms with van der Waals surface area (Å²) in [6, 6.07) is 3.17. The number of ether oxygens (including phenoxy) is 1. The third kappa shape index (κ3) is 4.58. The number of anilines is 1. The zero-order valence-corrected chi connectivity index (χ0v) is 13.2. The van der Waals surface area contributed by atoms with Crippen LogP contribution in [-0.2, 0) is 4.74 Å². The summed E-state index contributed by atoms with van der Waals surface area (Å²) in [7, 11) is 0. The molecule has 0 saturated carbocycles. The van der Waals surface area contributed by atoms with Gasteiger partial charge >= 0.3 is 6.09 Å². The van der Waals surface area contributed by atoms with Gasteiger partial charge in [-0.25, -0.2) is 13.6 Å². The zero-order chi connectivity index (χ0) is 16.3. The molecule has 0 aliphatic carbocycles. The van der Waals surface area contributed by atoms with Crippen molar-refractivity contribution in [1.29, 1.82) is 0 Å². The highest BCUT2D eigenvalue weighted by molar-refractivity contribution is 5.68. The van der Waals surface area contributed by atoms with Crippen molar-refractivity contribution in [2.75, 3.05) is 18.4 Å². The van der Waals surface area contributed by atoms with Gasteiger partial charge < -0.3 is 15.0 Å². The minimum atomic E-state index is -0.549. The molecule has 1 fully saturated rings. The Kier molecular flexibility index (Phi) is 4.88. The highest BCUT2D eigenvalue weighted by atomic mass is 19.1. The van der Waals surface area contributed by atoms with E-state index < -0.39 is 17.2 Å². The second-order valence-electron chi connectivity index (χ2n) is 6.53. The van der Waals surface area contributed by atoms with Crippen LogP contribution in [0.5, 0.6) is 0 Å². The van der Waals surface area contributed by atoms with E-state index >= 15 is 0 Å². The lowest BCUT2D eigenvalue weighted by Crippen LogP contribution is -2.47. The number of benzene rings is 1. The van der Waals surface area contributed by atoms with Crippen molar-refractivity contribution < 1.29 is 18.3 Å². The van der Waals surface area contributed by atoms with Crippen LogP contribution in [0.15, 0.2) is 18.2 Å². The van der Waals surface area contributed by atoms with E-state index in [1.807, 2.05) is 20.8 Å². The van der Waals surface area contributed by atoms with Gasteiger partial charge in [0.05, 0.1) is 5.69 Å². The zero-order valence-electron chi connectivity index (χ0n) is 13.2. The molecule has 1 N–H and O–H groups in total. The molecule has 6 heteroatoms. The van der Waals surface area contributed by atoms with Crippen LogP contribution in [0, 0.1) is 11.6 Å². The molecule has 0 aromatic heterocycles. The van der Waals surface area contributed by atoms with Gasteiger partial charge in [0, 0.05) is 19.1 Å². The molecular formula is C16H22F2N2O2. The number of rotatable bonds is 2. The van der Waals surface area contributed by atoms with Gasteiger partial charge in [-0.3, -0.25) is 0 Å². The molecule has 1 aromatic rings. The lowest BCUT2D eigenvalue weighted by molar-refractivity contribution is 0.0206. The number of carbonyl (C=O) groups excluding carboxylic acids is 1. The Labute approximate surface area is 129 Å². The van der Waals surface area contributed by atoms with Crippen LogP contribution >= 0.6 is 0 Å². The first-order valence-corrected chi connectivity index (χ1v) is 7.44. The van der Waals surface area contributed by atoms with Gasteiger partial charge in [0.2, 0.25) is 0 Å². The summed E-state index contributed by atoms with van der Waals surface area (Å²) in [6.07, 6.45) is 1.20. The molecule has 0 bridgehead atoms. The average molecular weight is 312 g/mol. The molecule has 22 heavy (non-hydrogen) atoms. The van der Waals surface area contributed by atoms with Crippen LogP contribution < -0.4 is 5.32 Å². The van der Waals surface area contributed by atoms with E-state index in [-0.39, 0.29) is 17.8 Å². The number of likely N-dealkylation sites (tertiary alicyclic amines) is 1. The second-order valence-corrected chi connectivity index (χ2v) is 6.53. The minimum absolute atomic E-state index is 0.121. The SMILES string of the molecule is CC(C)(C)OC(=O)N1CCCC(Nc2cc(F)ccc2F)C1. The van der Waals surface area contributed by atoms with Gasteiger partial charge in [0.1, 0.15) is 17.2 Å². The van der Waals surface area contributed by atoms with Crippen LogP contribution in [0.4, 0.5) is 19.3 Å². The number of hydrogen-bond acceptors (Lipinski definition) is 3. The lowest BCUT2D eigenvalue weighted by Gasteiger charge is -2.34. The van der Waals surface area contributed by atoms with E-state index in [9.17, 15) is 13.6 Å². The molecule has 1 unspecified atom stereocenters. The molecule has 0 radical (unpaired) electrons. The summed E-state index contributed by atoms with van der Waals surface area (Å²) in [6.45, 7) is 6.45. The third-order valence-electron chi connectivity index (χ3n) is 3.36. The molecule has 1 aliphatic heterocycles. The second kappa shape index (κ2) is 6.50. The Bertz CT molecular complexity index is 543. The third-order valence-corrected chi connectivity index (χ3v) is 3.36. The van der Waals surface area contributed by atoms with Crippen LogP contribution in [0.2, 0.25) is 0 Å². The lowest BCUT2D eigenvalue weighted by atomic mass is 10.1. The topological polar surface area (TPSA) is 41.6 Å². The summed E-state index contributed by atoms with van der Waals surface area (Å²) < 4.78 is 32.2. The van der Waals surface area contributed by atoms with E-state index in [1.165, 1.54) is 0 Å². The van der Waals surface area contributed by atoms with Crippen molar-refractivity contribution >= 4 is 11.8 Å². The normalized spacial score (nSPS) is 19.0. The molecule has 1 saturated heterocycles. The van der Waals surface area contributed by atoms with Crippen molar-refractivity contribution in [3.8, 4) is 0 Å². The molecule has 2 rings (SSSR count). The van der Waals surface area contributed by atoms with Gasteiger partial charge in [0.15, 0.2) is 0 Å². The highest BCUT2D eigenvalue weighted by Crippen LogP contribution is 2.21. The Morgan fingerprint density at radius 2 is 2.09 bits per heavy atom. The van der Waals surface area contributed by atoms with Crippen molar-refractivity contribution in [2.24, 2.45) is 0 Å². The largest absolute Gasteiger partial charge is 0.444 e. The fourth-order valence-corrected chi connectivity index (χ4v) is 2.42. The minimum Gasteiger partial charge on any atom is -0.444 e. The first-order chi connectivity index (χ1) is 10.2. The predicted octanol–water partition coefficient (Wildman–Crippen LogP) is 3.78. The van der Waals surface area contributed by atoms with Crippen molar-refractivity contribution in [1.82, 2.24) is 4.90 Å². The molecular weight excluding hydrogens is 290 g/mol. The number of hydrogen-bond donors (Lipinski definition) is 1. The van der Waals surface area contributed by atoms with Crippen LogP contribution in [0.3, 0.4) is 0 Å². The number of piperidine rings is 1. The summed E-state index contributed by atoms with van der Waals surface area (Å²) in [4.78, 5) is 13.7. The van der Waals surface area contributed by atoms with Crippen LogP contribution in [0.1, 0.15) is 33.6 Å². The molecule has 0 spiro atoms. The smallest absolute Gasteiger partial charge is 0.410 e. The number of halogens is 2. The maximum absolute atomic E-state index is 13.7. The molecule has 1 atom stereocenters.